The highest BCUT2D eigenvalue weighted by atomic mass is 16.6. The Morgan fingerprint density at radius 3 is 2.17 bits per heavy atom. The summed E-state index contributed by atoms with van der Waals surface area (Å²) in [6.07, 6.45) is 2.45. The molecule has 30 heavy (non-hydrogen) atoms. The standard InChI is InChI=1S/C17H16O5.C6H10O2/c1-4-9(2)17(19)22-15-10(3)20-12-7-5-11-6-8-13(18)21-16(11)14(12)15;1-4-5(2)6(7)8-3/h4-8,10,15H,1-3H3;4H,1-3H3/b9-4-;5-4-/t10?,15-;/m0./s1. The third-order valence-electron chi connectivity index (χ3n) is 4.74. The zero-order chi connectivity index (χ0) is 22.4. The number of fused-ring (bicyclic) bond motifs is 3. The van der Waals surface area contributed by atoms with Crippen molar-refractivity contribution < 1.29 is 28.2 Å². The number of carbonyl (C=O) groups is 2. The maximum absolute atomic E-state index is 12.1. The van der Waals surface area contributed by atoms with E-state index in [0.29, 0.717) is 28.0 Å². The van der Waals surface area contributed by atoms with Gasteiger partial charge in [0, 0.05) is 22.6 Å². The van der Waals surface area contributed by atoms with Crippen molar-refractivity contribution in [1.82, 2.24) is 0 Å². The van der Waals surface area contributed by atoms with Crippen LogP contribution in [0.25, 0.3) is 11.0 Å². The number of rotatable bonds is 3. The molecule has 0 saturated carbocycles. The van der Waals surface area contributed by atoms with Crippen molar-refractivity contribution in [2.45, 2.75) is 46.8 Å². The van der Waals surface area contributed by atoms with Crippen LogP contribution in [0.15, 0.2) is 56.8 Å². The molecule has 160 valence electrons. The first-order valence-electron chi connectivity index (χ1n) is 9.52. The smallest absolute Gasteiger partial charge is 0.336 e. The number of hydrogen-bond acceptors (Lipinski definition) is 7. The van der Waals surface area contributed by atoms with Gasteiger partial charge in [0.05, 0.1) is 12.7 Å². The van der Waals surface area contributed by atoms with Crippen molar-refractivity contribution in [3.05, 3.63) is 63.5 Å². The first-order chi connectivity index (χ1) is 14.2. The lowest BCUT2D eigenvalue weighted by Gasteiger charge is -2.16. The Morgan fingerprint density at radius 1 is 1.00 bits per heavy atom. The average Bonchev–Trinajstić information content (AvgIpc) is 3.07. The van der Waals surface area contributed by atoms with Gasteiger partial charge in [0.15, 0.2) is 6.10 Å². The van der Waals surface area contributed by atoms with Gasteiger partial charge < -0.3 is 18.6 Å². The van der Waals surface area contributed by atoms with Gasteiger partial charge in [0.25, 0.3) is 0 Å². The van der Waals surface area contributed by atoms with Gasteiger partial charge in [-0.1, -0.05) is 12.2 Å². The fourth-order valence-electron chi connectivity index (χ4n) is 2.76. The van der Waals surface area contributed by atoms with Gasteiger partial charge in [-0.3, -0.25) is 0 Å². The van der Waals surface area contributed by atoms with Gasteiger partial charge in [0.1, 0.15) is 17.4 Å². The molecule has 1 unspecified atom stereocenters. The number of benzene rings is 1. The highest BCUT2D eigenvalue weighted by molar-refractivity contribution is 5.89. The Morgan fingerprint density at radius 2 is 1.60 bits per heavy atom. The topological polar surface area (TPSA) is 92.0 Å². The Bertz CT molecular complexity index is 1060. The van der Waals surface area contributed by atoms with Crippen molar-refractivity contribution >= 4 is 22.9 Å². The molecular weight excluding hydrogens is 388 g/mol. The van der Waals surface area contributed by atoms with Crippen LogP contribution in [0.1, 0.15) is 46.3 Å². The maximum atomic E-state index is 12.1. The van der Waals surface area contributed by atoms with Crippen LogP contribution in [-0.4, -0.2) is 25.2 Å². The molecule has 0 saturated heterocycles. The quantitative estimate of drug-likeness (QED) is 0.421. The van der Waals surface area contributed by atoms with Crippen LogP contribution in [0.5, 0.6) is 5.75 Å². The molecule has 7 nitrogen and oxygen atoms in total. The molecule has 2 aromatic rings. The number of hydrogen-bond donors (Lipinski definition) is 0. The molecule has 2 heterocycles. The van der Waals surface area contributed by atoms with Gasteiger partial charge in [-0.05, 0) is 52.8 Å². The molecule has 0 bridgehead atoms. The SMILES string of the molecule is C/C=C(/C)C(=O)OC.C/C=C(/C)C(=O)O[C@@H]1c2c(ccc3ccc(=O)oc23)OC1C. The molecule has 0 N–H and O–H groups in total. The van der Waals surface area contributed by atoms with Crippen molar-refractivity contribution in [3.8, 4) is 5.75 Å². The van der Waals surface area contributed by atoms with Crippen molar-refractivity contribution in [2.24, 2.45) is 0 Å². The van der Waals surface area contributed by atoms with E-state index < -0.39 is 17.7 Å². The Kier molecular flexibility index (Phi) is 7.58. The van der Waals surface area contributed by atoms with E-state index in [1.165, 1.54) is 13.2 Å². The molecule has 0 amide bonds. The Labute approximate surface area is 174 Å². The average molecular weight is 414 g/mol. The van der Waals surface area contributed by atoms with E-state index in [4.69, 9.17) is 13.9 Å². The van der Waals surface area contributed by atoms with Crippen LogP contribution in [0, 0.1) is 0 Å². The molecular formula is C23H26O7. The summed E-state index contributed by atoms with van der Waals surface area (Å²) < 4.78 is 21.0. The van der Waals surface area contributed by atoms with Crippen LogP contribution >= 0.6 is 0 Å². The fraction of sp³-hybridized carbons (Fsp3) is 0.348. The summed E-state index contributed by atoms with van der Waals surface area (Å²) in [5.74, 6) is -0.0936. The number of ether oxygens (including phenoxy) is 3. The summed E-state index contributed by atoms with van der Waals surface area (Å²) in [6, 6.07) is 6.65. The maximum Gasteiger partial charge on any atom is 0.336 e. The Balaban J connectivity index is 0.000000343. The van der Waals surface area contributed by atoms with Crippen molar-refractivity contribution in [3.63, 3.8) is 0 Å². The number of methoxy groups -OCH3 is 1. The second kappa shape index (κ2) is 9.91. The zero-order valence-corrected chi connectivity index (χ0v) is 18.0. The summed E-state index contributed by atoms with van der Waals surface area (Å²) in [7, 11) is 1.37. The van der Waals surface area contributed by atoms with E-state index in [-0.39, 0.29) is 12.1 Å². The highest BCUT2D eigenvalue weighted by Crippen LogP contribution is 2.43. The molecule has 1 aliphatic rings. The number of esters is 2. The minimum atomic E-state index is -0.605. The molecule has 3 rings (SSSR count). The first kappa shape index (κ1) is 22.9. The van der Waals surface area contributed by atoms with E-state index in [2.05, 4.69) is 4.74 Å². The summed E-state index contributed by atoms with van der Waals surface area (Å²) in [6.45, 7) is 8.79. The number of allylic oxidation sites excluding steroid dienone is 2. The largest absolute Gasteiger partial charge is 0.486 e. The highest BCUT2D eigenvalue weighted by Gasteiger charge is 2.37. The minimum absolute atomic E-state index is 0.257. The molecule has 2 atom stereocenters. The van der Waals surface area contributed by atoms with Crippen LogP contribution < -0.4 is 10.4 Å². The summed E-state index contributed by atoms with van der Waals surface area (Å²) in [4.78, 5) is 34.0. The lowest BCUT2D eigenvalue weighted by Crippen LogP contribution is -2.21. The monoisotopic (exact) mass is 414 g/mol. The van der Waals surface area contributed by atoms with E-state index >= 15 is 0 Å². The second-order valence-electron chi connectivity index (χ2n) is 6.73. The van der Waals surface area contributed by atoms with Crippen LogP contribution in [0.2, 0.25) is 0 Å². The molecule has 0 spiro atoms. The summed E-state index contributed by atoms with van der Waals surface area (Å²) in [5.41, 5.74) is 1.73. The van der Waals surface area contributed by atoms with Gasteiger partial charge in [-0.15, -0.1) is 0 Å². The van der Waals surface area contributed by atoms with E-state index in [1.807, 2.05) is 13.0 Å². The van der Waals surface area contributed by atoms with Crippen LogP contribution in [0.4, 0.5) is 0 Å². The minimum Gasteiger partial charge on any atom is -0.486 e. The second-order valence-corrected chi connectivity index (χ2v) is 6.73. The molecule has 7 heteroatoms. The third-order valence-corrected chi connectivity index (χ3v) is 4.74. The van der Waals surface area contributed by atoms with Crippen molar-refractivity contribution in [2.75, 3.05) is 7.11 Å². The van der Waals surface area contributed by atoms with E-state index in [1.54, 1.807) is 52.0 Å². The Hall–Kier alpha value is -3.35. The molecule has 0 aliphatic carbocycles. The fourth-order valence-corrected chi connectivity index (χ4v) is 2.76. The molecule has 1 aromatic carbocycles. The summed E-state index contributed by atoms with van der Waals surface area (Å²) >= 11 is 0. The van der Waals surface area contributed by atoms with Crippen LogP contribution in [-0.2, 0) is 19.1 Å². The molecule has 0 fully saturated rings. The van der Waals surface area contributed by atoms with Gasteiger partial charge in [-0.25, -0.2) is 14.4 Å². The lowest BCUT2D eigenvalue weighted by atomic mass is 10.0. The molecule has 1 aromatic heterocycles. The molecule has 1 aliphatic heterocycles. The third kappa shape index (κ3) is 4.97. The van der Waals surface area contributed by atoms with Gasteiger partial charge >= 0.3 is 17.6 Å². The van der Waals surface area contributed by atoms with E-state index in [9.17, 15) is 14.4 Å². The molecule has 0 radical (unpaired) electrons. The van der Waals surface area contributed by atoms with Crippen LogP contribution in [0.3, 0.4) is 0 Å². The first-order valence-corrected chi connectivity index (χ1v) is 9.52. The van der Waals surface area contributed by atoms with E-state index in [0.717, 1.165) is 5.39 Å². The van der Waals surface area contributed by atoms with Gasteiger partial charge in [-0.2, -0.15) is 0 Å². The lowest BCUT2D eigenvalue weighted by molar-refractivity contribution is -0.147. The predicted molar refractivity (Wildman–Crippen MR) is 112 cm³/mol. The van der Waals surface area contributed by atoms with Crippen molar-refractivity contribution in [1.29, 1.82) is 0 Å². The number of carbonyl (C=O) groups excluding carboxylic acids is 2. The predicted octanol–water partition coefficient (Wildman–Crippen LogP) is 4.25. The zero-order valence-electron chi connectivity index (χ0n) is 18.0. The summed E-state index contributed by atoms with van der Waals surface area (Å²) in [5, 5.41) is 0.764. The normalized spacial score (nSPS) is 18.1. The van der Waals surface area contributed by atoms with Gasteiger partial charge in [0.2, 0.25) is 0 Å².